The molecule has 0 spiro atoms. The summed E-state index contributed by atoms with van der Waals surface area (Å²) in [6.45, 7) is 3.03. The van der Waals surface area contributed by atoms with E-state index >= 15 is 0 Å². The third kappa shape index (κ3) is 1.46. The minimum absolute atomic E-state index is 0.142. The summed E-state index contributed by atoms with van der Waals surface area (Å²) in [6, 6.07) is 7.57. The number of aromatic nitrogens is 1. The lowest BCUT2D eigenvalue weighted by Crippen LogP contribution is -2.15. The van der Waals surface area contributed by atoms with Crippen molar-refractivity contribution in [2.45, 2.75) is 13.8 Å². The minimum Gasteiger partial charge on any atom is -0.444 e. The van der Waals surface area contributed by atoms with Crippen LogP contribution in [-0.2, 0) is 7.05 Å². The Labute approximate surface area is 109 Å². The van der Waals surface area contributed by atoms with Crippen molar-refractivity contribution in [2.24, 2.45) is 7.05 Å². The van der Waals surface area contributed by atoms with Crippen LogP contribution >= 0.6 is 0 Å². The second-order valence-corrected chi connectivity index (χ2v) is 4.67. The van der Waals surface area contributed by atoms with Crippen LogP contribution in [0.4, 0.5) is 0 Å². The van der Waals surface area contributed by atoms with Crippen LogP contribution in [0.25, 0.3) is 22.0 Å². The van der Waals surface area contributed by atoms with E-state index < -0.39 is 0 Å². The SMILES string of the molecule is CC(=O)c1c(C)oc2c(c1=O)c1ccccc1n2C. The molecule has 0 fully saturated rings. The largest absolute Gasteiger partial charge is 0.444 e. The maximum absolute atomic E-state index is 12.5. The van der Waals surface area contributed by atoms with E-state index in [1.807, 2.05) is 35.9 Å². The number of aryl methyl sites for hydroxylation is 2. The molecule has 0 amide bonds. The van der Waals surface area contributed by atoms with Crippen LogP contribution in [0.5, 0.6) is 0 Å². The van der Waals surface area contributed by atoms with E-state index in [4.69, 9.17) is 4.42 Å². The predicted molar refractivity (Wildman–Crippen MR) is 73.7 cm³/mol. The normalized spacial score (nSPS) is 11.3. The molecule has 3 rings (SSSR count). The second-order valence-electron chi connectivity index (χ2n) is 4.67. The maximum atomic E-state index is 12.5. The number of carbonyl (C=O) groups is 1. The van der Waals surface area contributed by atoms with E-state index in [1.165, 1.54) is 6.92 Å². The van der Waals surface area contributed by atoms with Crippen molar-refractivity contribution in [1.29, 1.82) is 0 Å². The lowest BCUT2D eigenvalue weighted by Gasteiger charge is -2.02. The molecule has 19 heavy (non-hydrogen) atoms. The van der Waals surface area contributed by atoms with Crippen LogP contribution < -0.4 is 5.43 Å². The van der Waals surface area contributed by atoms with Gasteiger partial charge in [-0.3, -0.25) is 9.59 Å². The van der Waals surface area contributed by atoms with Gasteiger partial charge in [0.05, 0.1) is 10.9 Å². The van der Waals surface area contributed by atoms with Crippen LogP contribution in [-0.4, -0.2) is 10.4 Å². The summed E-state index contributed by atoms with van der Waals surface area (Å²) in [7, 11) is 1.85. The zero-order chi connectivity index (χ0) is 13.7. The fourth-order valence-corrected chi connectivity index (χ4v) is 2.60. The first-order chi connectivity index (χ1) is 9.02. The molecule has 0 aliphatic carbocycles. The quantitative estimate of drug-likeness (QED) is 0.628. The molecule has 2 aromatic heterocycles. The molecule has 4 nitrogen and oxygen atoms in total. The monoisotopic (exact) mass is 255 g/mol. The van der Waals surface area contributed by atoms with E-state index in [9.17, 15) is 9.59 Å². The first-order valence-corrected chi connectivity index (χ1v) is 6.04. The fraction of sp³-hybridized carbons (Fsp3) is 0.200. The zero-order valence-corrected chi connectivity index (χ0v) is 11.0. The van der Waals surface area contributed by atoms with Crippen molar-refractivity contribution in [3.8, 4) is 0 Å². The topological polar surface area (TPSA) is 52.2 Å². The van der Waals surface area contributed by atoms with Crippen molar-refractivity contribution in [1.82, 2.24) is 4.57 Å². The first kappa shape index (κ1) is 11.7. The number of ketones is 1. The molecule has 0 unspecified atom stereocenters. The summed E-state index contributed by atoms with van der Waals surface area (Å²) in [5.41, 5.74) is 1.32. The van der Waals surface area contributed by atoms with Gasteiger partial charge in [0, 0.05) is 12.4 Å². The Morgan fingerprint density at radius 1 is 1.26 bits per heavy atom. The van der Waals surface area contributed by atoms with Crippen LogP contribution in [0.2, 0.25) is 0 Å². The van der Waals surface area contributed by atoms with Crippen molar-refractivity contribution in [2.75, 3.05) is 0 Å². The minimum atomic E-state index is -0.263. The van der Waals surface area contributed by atoms with Gasteiger partial charge in [-0.2, -0.15) is 0 Å². The van der Waals surface area contributed by atoms with Gasteiger partial charge in [-0.25, -0.2) is 0 Å². The Morgan fingerprint density at radius 2 is 1.95 bits per heavy atom. The molecular weight excluding hydrogens is 242 g/mol. The highest BCUT2D eigenvalue weighted by atomic mass is 16.3. The number of Topliss-reactive ketones (excluding diaryl/α,β-unsaturated/α-hetero) is 1. The average Bonchev–Trinajstić information content (AvgIpc) is 2.63. The van der Waals surface area contributed by atoms with Crippen molar-refractivity contribution >= 4 is 27.8 Å². The number of nitrogens with zero attached hydrogens (tertiary/aromatic N) is 1. The molecule has 0 radical (unpaired) electrons. The summed E-state index contributed by atoms with van der Waals surface area (Å²) in [6.07, 6.45) is 0. The van der Waals surface area contributed by atoms with Crippen LogP contribution in [0.1, 0.15) is 23.0 Å². The summed E-state index contributed by atoms with van der Waals surface area (Å²) in [5, 5.41) is 1.30. The lowest BCUT2D eigenvalue weighted by atomic mass is 10.1. The molecule has 0 atom stereocenters. The Balaban J connectivity index is 2.67. The zero-order valence-electron chi connectivity index (χ0n) is 11.0. The molecule has 0 N–H and O–H groups in total. The number of para-hydroxylation sites is 1. The third-order valence-corrected chi connectivity index (χ3v) is 3.46. The van der Waals surface area contributed by atoms with Gasteiger partial charge in [-0.1, -0.05) is 18.2 Å². The Bertz CT molecular complexity index is 884. The van der Waals surface area contributed by atoms with E-state index in [0.29, 0.717) is 16.9 Å². The van der Waals surface area contributed by atoms with E-state index in [1.54, 1.807) is 6.92 Å². The molecule has 0 saturated heterocycles. The van der Waals surface area contributed by atoms with Crippen molar-refractivity contribution < 1.29 is 9.21 Å². The van der Waals surface area contributed by atoms with Gasteiger partial charge in [0.25, 0.3) is 0 Å². The van der Waals surface area contributed by atoms with Gasteiger partial charge < -0.3 is 8.98 Å². The van der Waals surface area contributed by atoms with Gasteiger partial charge in [0.2, 0.25) is 11.1 Å². The highest BCUT2D eigenvalue weighted by Crippen LogP contribution is 2.27. The summed E-state index contributed by atoms with van der Waals surface area (Å²) in [5.74, 6) is 0.108. The van der Waals surface area contributed by atoms with Crippen LogP contribution in [0, 0.1) is 6.92 Å². The van der Waals surface area contributed by atoms with E-state index in [0.717, 1.165) is 10.9 Å². The standard InChI is InChI=1S/C15H13NO3/c1-8(17)12-9(2)19-15-13(14(12)18)10-6-4-5-7-11(10)16(15)3/h4-7H,1-3H3. The van der Waals surface area contributed by atoms with Gasteiger partial charge in [-0.15, -0.1) is 0 Å². The molecule has 4 heteroatoms. The number of rotatable bonds is 1. The number of carbonyl (C=O) groups excluding carboxylic acids is 1. The van der Waals surface area contributed by atoms with Crippen molar-refractivity contribution in [3.05, 3.63) is 45.8 Å². The number of hydrogen-bond donors (Lipinski definition) is 0. The number of hydrogen-bond acceptors (Lipinski definition) is 3. The van der Waals surface area contributed by atoms with Gasteiger partial charge in [0.1, 0.15) is 11.3 Å². The molecule has 0 aliphatic rings. The van der Waals surface area contributed by atoms with Gasteiger partial charge >= 0.3 is 0 Å². The highest BCUT2D eigenvalue weighted by molar-refractivity contribution is 6.08. The Hall–Kier alpha value is -2.36. The second kappa shape index (κ2) is 3.82. The summed E-state index contributed by atoms with van der Waals surface area (Å²) < 4.78 is 7.53. The maximum Gasteiger partial charge on any atom is 0.211 e. The molecule has 1 aromatic carbocycles. The fourth-order valence-electron chi connectivity index (χ4n) is 2.60. The molecule has 2 heterocycles. The third-order valence-electron chi connectivity index (χ3n) is 3.46. The smallest absolute Gasteiger partial charge is 0.211 e. The summed E-state index contributed by atoms with van der Waals surface area (Å²) in [4.78, 5) is 24.1. The average molecular weight is 255 g/mol. The molecule has 0 aliphatic heterocycles. The Morgan fingerprint density at radius 3 is 2.63 bits per heavy atom. The molecule has 0 saturated carbocycles. The summed E-state index contributed by atoms with van der Waals surface area (Å²) >= 11 is 0. The van der Waals surface area contributed by atoms with Crippen molar-refractivity contribution in [3.63, 3.8) is 0 Å². The lowest BCUT2D eigenvalue weighted by molar-refractivity contribution is 0.101. The van der Waals surface area contributed by atoms with Crippen LogP contribution in [0.3, 0.4) is 0 Å². The number of fused-ring (bicyclic) bond motifs is 3. The molecular formula is C15H13NO3. The highest BCUT2D eigenvalue weighted by Gasteiger charge is 2.20. The molecule has 3 aromatic rings. The van der Waals surface area contributed by atoms with Gasteiger partial charge in [0.15, 0.2) is 5.78 Å². The predicted octanol–water partition coefficient (Wildman–Crippen LogP) is 2.80. The Kier molecular flexibility index (Phi) is 2.35. The van der Waals surface area contributed by atoms with E-state index in [-0.39, 0.29) is 16.8 Å². The van der Waals surface area contributed by atoms with E-state index in [2.05, 4.69) is 0 Å². The first-order valence-electron chi connectivity index (χ1n) is 6.04. The molecule has 0 bridgehead atoms. The molecule has 96 valence electrons. The van der Waals surface area contributed by atoms with Crippen LogP contribution in [0.15, 0.2) is 33.5 Å². The van der Waals surface area contributed by atoms with Gasteiger partial charge in [-0.05, 0) is 19.9 Å². The number of benzene rings is 1.